The average Bonchev–Trinajstić information content (AvgIpc) is 3.16. The number of aryl methyl sites for hydroxylation is 1. The molecule has 0 aromatic carbocycles. The average molecular weight is 354 g/mol. The molecule has 0 N–H and O–H groups in total. The van der Waals surface area contributed by atoms with E-state index in [0.717, 1.165) is 29.6 Å². The monoisotopic (exact) mass is 353 g/mol. The Morgan fingerprint density at radius 2 is 2.36 bits per heavy atom. The normalized spacial score (nSPS) is 18.9. The van der Waals surface area contributed by atoms with Crippen LogP contribution in [-0.4, -0.2) is 28.9 Å². The lowest BCUT2D eigenvalue weighted by Gasteiger charge is -2.35. The van der Waals surface area contributed by atoms with Crippen LogP contribution < -0.4 is 0 Å². The van der Waals surface area contributed by atoms with Crippen LogP contribution in [0.3, 0.4) is 0 Å². The van der Waals surface area contributed by atoms with Gasteiger partial charge in [-0.3, -0.25) is 4.79 Å². The molecule has 1 atom stereocenters. The van der Waals surface area contributed by atoms with E-state index in [9.17, 15) is 4.79 Å². The molecular formula is C16H19NO2S3. The SMILES string of the molecule is Cc1ccsc1C1SCCC(=O)N1CCSCc1ccco1. The number of carbonyl (C=O) groups is 1. The van der Waals surface area contributed by atoms with Crippen LogP contribution in [0, 0.1) is 6.92 Å². The highest BCUT2D eigenvalue weighted by molar-refractivity contribution is 7.99. The van der Waals surface area contributed by atoms with Gasteiger partial charge in [0.25, 0.3) is 0 Å². The molecule has 0 saturated carbocycles. The van der Waals surface area contributed by atoms with Gasteiger partial charge in [-0.05, 0) is 36.1 Å². The fourth-order valence-corrected chi connectivity index (χ4v) is 5.83. The summed E-state index contributed by atoms with van der Waals surface area (Å²) in [5, 5.41) is 2.32. The van der Waals surface area contributed by atoms with Gasteiger partial charge in [-0.15, -0.1) is 23.1 Å². The number of amides is 1. The van der Waals surface area contributed by atoms with Crippen molar-refractivity contribution < 1.29 is 9.21 Å². The van der Waals surface area contributed by atoms with Crippen LogP contribution in [0.2, 0.25) is 0 Å². The largest absolute Gasteiger partial charge is 0.468 e. The van der Waals surface area contributed by atoms with Crippen molar-refractivity contribution in [3.63, 3.8) is 0 Å². The van der Waals surface area contributed by atoms with Gasteiger partial charge in [0.15, 0.2) is 0 Å². The molecule has 3 heterocycles. The molecule has 1 saturated heterocycles. The molecule has 118 valence electrons. The van der Waals surface area contributed by atoms with E-state index in [-0.39, 0.29) is 11.3 Å². The first-order valence-corrected chi connectivity index (χ1v) is 10.4. The minimum Gasteiger partial charge on any atom is -0.468 e. The quantitative estimate of drug-likeness (QED) is 0.714. The van der Waals surface area contributed by atoms with Crippen LogP contribution in [0.1, 0.15) is 28.0 Å². The fourth-order valence-electron chi connectivity index (χ4n) is 2.45. The van der Waals surface area contributed by atoms with Crippen molar-refractivity contribution in [1.82, 2.24) is 4.90 Å². The topological polar surface area (TPSA) is 33.5 Å². The summed E-state index contributed by atoms with van der Waals surface area (Å²) in [6.07, 6.45) is 2.37. The molecule has 0 bridgehead atoms. The summed E-state index contributed by atoms with van der Waals surface area (Å²) in [4.78, 5) is 15.7. The third kappa shape index (κ3) is 3.73. The van der Waals surface area contributed by atoms with Gasteiger partial charge in [-0.2, -0.15) is 11.8 Å². The maximum Gasteiger partial charge on any atom is 0.224 e. The molecule has 3 nitrogen and oxygen atoms in total. The second-order valence-corrected chi connectivity index (χ2v) is 8.40. The minimum absolute atomic E-state index is 0.200. The Labute approximate surface area is 143 Å². The molecule has 3 rings (SSSR count). The second kappa shape index (κ2) is 7.62. The first kappa shape index (κ1) is 16.0. The van der Waals surface area contributed by atoms with Gasteiger partial charge in [0.05, 0.1) is 12.0 Å². The van der Waals surface area contributed by atoms with Crippen molar-refractivity contribution in [2.75, 3.05) is 18.1 Å². The predicted molar refractivity (Wildman–Crippen MR) is 95.5 cm³/mol. The highest BCUT2D eigenvalue weighted by atomic mass is 32.2. The zero-order valence-electron chi connectivity index (χ0n) is 12.5. The van der Waals surface area contributed by atoms with E-state index in [0.29, 0.717) is 6.42 Å². The van der Waals surface area contributed by atoms with Gasteiger partial charge in [-0.1, -0.05) is 0 Å². The summed E-state index contributed by atoms with van der Waals surface area (Å²) in [7, 11) is 0. The molecule has 1 amide bonds. The highest BCUT2D eigenvalue weighted by Gasteiger charge is 2.31. The Hall–Kier alpha value is -0.850. The van der Waals surface area contributed by atoms with Crippen molar-refractivity contribution in [2.45, 2.75) is 24.5 Å². The zero-order valence-corrected chi connectivity index (χ0v) is 14.9. The minimum atomic E-state index is 0.200. The van der Waals surface area contributed by atoms with Crippen LogP contribution in [-0.2, 0) is 10.5 Å². The lowest BCUT2D eigenvalue weighted by atomic mass is 10.2. The predicted octanol–water partition coefficient (Wildman–Crippen LogP) is 4.55. The molecular weight excluding hydrogens is 334 g/mol. The molecule has 0 aliphatic carbocycles. The maximum atomic E-state index is 12.3. The molecule has 2 aromatic rings. The van der Waals surface area contributed by atoms with E-state index in [4.69, 9.17) is 4.42 Å². The van der Waals surface area contributed by atoms with Gasteiger partial charge in [0, 0.05) is 29.3 Å². The Balaban J connectivity index is 1.58. The molecule has 1 aliphatic heterocycles. The molecule has 0 radical (unpaired) electrons. The molecule has 6 heteroatoms. The van der Waals surface area contributed by atoms with E-state index < -0.39 is 0 Å². The Morgan fingerprint density at radius 1 is 1.45 bits per heavy atom. The molecule has 2 aromatic heterocycles. The smallest absolute Gasteiger partial charge is 0.224 e. The summed E-state index contributed by atoms with van der Waals surface area (Å²) >= 11 is 5.47. The number of nitrogens with zero attached hydrogens (tertiary/aromatic N) is 1. The number of furan rings is 1. The van der Waals surface area contributed by atoms with Gasteiger partial charge < -0.3 is 9.32 Å². The Bertz CT molecular complexity index is 609. The molecule has 1 fully saturated rings. The van der Waals surface area contributed by atoms with E-state index in [2.05, 4.69) is 23.3 Å². The van der Waals surface area contributed by atoms with Gasteiger partial charge >= 0.3 is 0 Å². The summed E-state index contributed by atoms with van der Waals surface area (Å²) in [6.45, 7) is 2.94. The molecule has 22 heavy (non-hydrogen) atoms. The van der Waals surface area contributed by atoms with Crippen molar-refractivity contribution in [1.29, 1.82) is 0 Å². The van der Waals surface area contributed by atoms with E-state index in [1.165, 1.54) is 10.4 Å². The van der Waals surface area contributed by atoms with Gasteiger partial charge in [0.1, 0.15) is 11.1 Å². The fraction of sp³-hybridized carbons (Fsp3) is 0.438. The van der Waals surface area contributed by atoms with Gasteiger partial charge in [0.2, 0.25) is 5.91 Å². The van der Waals surface area contributed by atoms with Crippen molar-refractivity contribution in [3.8, 4) is 0 Å². The summed E-state index contributed by atoms with van der Waals surface area (Å²) in [6, 6.07) is 6.05. The van der Waals surface area contributed by atoms with Crippen LogP contribution in [0.5, 0.6) is 0 Å². The highest BCUT2D eigenvalue weighted by Crippen LogP contribution is 2.41. The van der Waals surface area contributed by atoms with Crippen molar-refractivity contribution >= 4 is 40.8 Å². The Kier molecular flexibility index (Phi) is 5.55. The van der Waals surface area contributed by atoms with Crippen LogP contribution >= 0.6 is 34.9 Å². The molecule has 1 aliphatic rings. The zero-order chi connectivity index (χ0) is 15.4. The lowest BCUT2D eigenvalue weighted by Crippen LogP contribution is -2.38. The third-order valence-electron chi connectivity index (χ3n) is 3.62. The standard InChI is InChI=1S/C16H19NO2S3/c1-12-4-8-21-15(12)16-17(14(18)5-9-22-16)6-10-20-11-13-3-2-7-19-13/h2-4,7-8,16H,5-6,9-11H2,1H3. The van der Waals surface area contributed by atoms with E-state index in [1.54, 1.807) is 17.6 Å². The lowest BCUT2D eigenvalue weighted by molar-refractivity contribution is -0.131. The molecule has 1 unspecified atom stereocenters. The van der Waals surface area contributed by atoms with E-state index in [1.807, 2.05) is 35.7 Å². The van der Waals surface area contributed by atoms with Crippen molar-refractivity contribution in [2.24, 2.45) is 0 Å². The number of hydrogen-bond acceptors (Lipinski definition) is 5. The summed E-state index contributed by atoms with van der Waals surface area (Å²) < 4.78 is 5.34. The number of rotatable bonds is 6. The summed E-state index contributed by atoms with van der Waals surface area (Å²) in [5.74, 6) is 4.01. The van der Waals surface area contributed by atoms with Crippen LogP contribution in [0.4, 0.5) is 0 Å². The third-order valence-corrected chi connectivity index (χ3v) is 7.05. The number of hydrogen-bond donors (Lipinski definition) is 0. The number of thioether (sulfide) groups is 2. The summed E-state index contributed by atoms with van der Waals surface area (Å²) in [5.41, 5.74) is 1.30. The molecule has 0 spiro atoms. The number of thiophene rings is 1. The van der Waals surface area contributed by atoms with Gasteiger partial charge in [-0.25, -0.2) is 0 Å². The first-order valence-electron chi connectivity index (χ1n) is 7.31. The maximum absolute atomic E-state index is 12.3. The number of carbonyl (C=O) groups excluding carboxylic acids is 1. The van der Waals surface area contributed by atoms with Crippen LogP contribution in [0.15, 0.2) is 34.3 Å². The van der Waals surface area contributed by atoms with Crippen molar-refractivity contribution in [3.05, 3.63) is 46.0 Å². The Morgan fingerprint density at radius 3 is 3.09 bits per heavy atom. The second-order valence-electron chi connectivity index (χ2n) is 5.16. The van der Waals surface area contributed by atoms with Crippen LogP contribution in [0.25, 0.3) is 0 Å². The van der Waals surface area contributed by atoms with E-state index >= 15 is 0 Å². The first-order chi connectivity index (χ1) is 10.8.